The summed E-state index contributed by atoms with van der Waals surface area (Å²) >= 11 is 6.21. The van der Waals surface area contributed by atoms with Crippen molar-refractivity contribution in [3.05, 3.63) is 0 Å². The number of hydrogen-bond acceptors (Lipinski definition) is 3. The standard InChI is InChI=1S/C7H17N.2CH3NOS/c1-6(2)8(5)7(3)4;2*2-1(3)4/h6-7H,1-5H3;2*(H3,2,3,4). The van der Waals surface area contributed by atoms with E-state index < -0.39 is 10.5 Å². The van der Waals surface area contributed by atoms with Crippen LogP contribution in [0.4, 0.5) is 9.59 Å². The van der Waals surface area contributed by atoms with E-state index in [1.165, 1.54) is 0 Å². The lowest BCUT2D eigenvalue weighted by Crippen LogP contribution is -2.32. The lowest BCUT2D eigenvalue weighted by atomic mass is 10.3. The van der Waals surface area contributed by atoms with Gasteiger partial charge in [-0.2, -0.15) is 0 Å². The molecule has 0 saturated heterocycles. The summed E-state index contributed by atoms with van der Waals surface area (Å²) in [7, 11) is 2.15. The Kier molecular flexibility index (Phi) is 16.6. The zero-order chi connectivity index (χ0) is 13.9. The van der Waals surface area contributed by atoms with Crippen LogP contribution in [0.25, 0.3) is 0 Å². The average molecular weight is 269 g/mol. The summed E-state index contributed by atoms with van der Waals surface area (Å²) in [5, 5.41) is -1.28. The highest BCUT2D eigenvalue weighted by atomic mass is 32.1. The molecule has 0 atom stereocenters. The number of thiol groups is 2. The normalized spacial score (nSPS) is 9.12. The average Bonchev–Trinajstić information content (AvgIpc) is 2.00. The SMILES string of the molecule is CC(C)N(C)C(C)C.NC(=O)S.NC(=O)S. The molecule has 0 aliphatic carbocycles. The summed E-state index contributed by atoms with van der Waals surface area (Å²) in [6.07, 6.45) is 0. The Bertz CT molecular complexity index is 171. The van der Waals surface area contributed by atoms with E-state index in [0.717, 1.165) is 0 Å². The largest absolute Gasteiger partial charge is 0.361 e. The molecule has 98 valence electrons. The Morgan fingerprint density at radius 1 is 0.938 bits per heavy atom. The molecule has 0 aromatic heterocycles. The molecule has 0 rings (SSSR count). The fourth-order valence-corrected chi connectivity index (χ4v) is 0.596. The van der Waals surface area contributed by atoms with Gasteiger partial charge in [0.25, 0.3) is 10.5 Å². The molecule has 0 aromatic rings. The predicted octanol–water partition coefficient (Wildman–Crippen LogP) is 1.72. The van der Waals surface area contributed by atoms with Crippen LogP contribution in [-0.2, 0) is 0 Å². The van der Waals surface area contributed by atoms with Crippen LogP contribution in [-0.4, -0.2) is 34.5 Å². The van der Waals surface area contributed by atoms with Crippen LogP contribution >= 0.6 is 25.3 Å². The monoisotopic (exact) mass is 269 g/mol. The van der Waals surface area contributed by atoms with Crippen LogP contribution in [0.3, 0.4) is 0 Å². The van der Waals surface area contributed by atoms with E-state index in [0.29, 0.717) is 12.1 Å². The van der Waals surface area contributed by atoms with E-state index >= 15 is 0 Å². The number of rotatable bonds is 2. The van der Waals surface area contributed by atoms with Crippen LogP contribution in [0, 0.1) is 0 Å². The molecule has 0 heterocycles. The molecule has 0 bridgehead atoms. The maximum Gasteiger partial charge on any atom is 0.273 e. The summed E-state index contributed by atoms with van der Waals surface area (Å²) in [4.78, 5) is 20.5. The summed E-state index contributed by atoms with van der Waals surface area (Å²) in [6, 6.07) is 1.35. The van der Waals surface area contributed by atoms with Crippen LogP contribution in [0.15, 0.2) is 0 Å². The summed E-state index contributed by atoms with van der Waals surface area (Å²) in [5.74, 6) is 0. The zero-order valence-corrected chi connectivity index (χ0v) is 12.3. The first-order chi connectivity index (χ1) is 7.02. The molecule has 0 aromatic carbocycles. The van der Waals surface area contributed by atoms with Gasteiger partial charge in [0, 0.05) is 12.1 Å². The first kappa shape index (κ1) is 20.9. The Labute approximate surface area is 109 Å². The van der Waals surface area contributed by atoms with Crippen molar-refractivity contribution in [3.8, 4) is 0 Å². The van der Waals surface area contributed by atoms with Crippen LogP contribution in [0.5, 0.6) is 0 Å². The van der Waals surface area contributed by atoms with Crippen molar-refractivity contribution in [1.29, 1.82) is 0 Å². The third kappa shape index (κ3) is 37.4. The maximum absolute atomic E-state index is 9.09. The highest BCUT2D eigenvalue weighted by molar-refractivity contribution is 7.96. The number of hydrogen-bond donors (Lipinski definition) is 4. The molecule has 0 aliphatic heterocycles. The number of primary amides is 2. The first-order valence-corrected chi connectivity index (χ1v) is 5.60. The smallest absolute Gasteiger partial charge is 0.273 e. The summed E-state index contributed by atoms with van der Waals surface area (Å²) in [5.41, 5.74) is 8.67. The van der Waals surface area contributed by atoms with Crippen molar-refractivity contribution in [1.82, 2.24) is 4.90 Å². The van der Waals surface area contributed by atoms with E-state index in [2.05, 4.69) is 76.4 Å². The van der Waals surface area contributed by atoms with Gasteiger partial charge in [-0.25, -0.2) is 0 Å². The molecule has 0 unspecified atom stereocenters. The third-order valence-electron chi connectivity index (χ3n) is 1.63. The van der Waals surface area contributed by atoms with E-state index in [1.54, 1.807) is 0 Å². The lowest BCUT2D eigenvalue weighted by Gasteiger charge is -2.24. The molecule has 7 heteroatoms. The van der Waals surface area contributed by atoms with Gasteiger partial charge in [-0.05, 0) is 34.7 Å². The van der Waals surface area contributed by atoms with Gasteiger partial charge < -0.3 is 16.4 Å². The van der Waals surface area contributed by atoms with Crippen molar-refractivity contribution < 1.29 is 9.59 Å². The van der Waals surface area contributed by atoms with Crippen molar-refractivity contribution in [2.75, 3.05) is 7.05 Å². The molecular formula is C9H23N3O2S2. The van der Waals surface area contributed by atoms with Crippen LogP contribution in [0.1, 0.15) is 27.7 Å². The van der Waals surface area contributed by atoms with Gasteiger partial charge in [0.05, 0.1) is 0 Å². The Hall–Kier alpha value is -0.400. The van der Waals surface area contributed by atoms with Gasteiger partial charge in [-0.15, -0.1) is 0 Å². The van der Waals surface area contributed by atoms with Gasteiger partial charge in [0.1, 0.15) is 0 Å². The van der Waals surface area contributed by atoms with E-state index in [4.69, 9.17) is 9.59 Å². The Balaban J connectivity index is -0.000000179. The second-order valence-electron chi connectivity index (χ2n) is 3.53. The number of carbonyl (C=O) groups excluding carboxylic acids is 2. The highest BCUT2D eigenvalue weighted by Gasteiger charge is 2.04. The summed E-state index contributed by atoms with van der Waals surface area (Å²) < 4.78 is 0. The topological polar surface area (TPSA) is 89.4 Å². The van der Waals surface area contributed by atoms with Gasteiger partial charge in [0.2, 0.25) is 0 Å². The minimum absolute atomic E-state index is 0.639. The molecular weight excluding hydrogens is 246 g/mol. The number of amides is 2. The molecule has 2 amide bonds. The second-order valence-corrected chi connectivity index (χ2v) is 4.41. The van der Waals surface area contributed by atoms with Crippen LogP contribution < -0.4 is 11.5 Å². The molecule has 4 N–H and O–H groups in total. The molecule has 16 heavy (non-hydrogen) atoms. The van der Waals surface area contributed by atoms with Crippen LogP contribution in [0.2, 0.25) is 0 Å². The van der Waals surface area contributed by atoms with Gasteiger partial charge in [-0.1, -0.05) is 25.3 Å². The molecule has 0 fully saturated rings. The van der Waals surface area contributed by atoms with E-state index in [9.17, 15) is 0 Å². The number of carbonyl (C=O) groups is 2. The minimum atomic E-state index is -0.639. The van der Waals surface area contributed by atoms with Gasteiger partial charge >= 0.3 is 0 Å². The van der Waals surface area contributed by atoms with Crippen molar-refractivity contribution in [2.45, 2.75) is 39.8 Å². The molecule has 5 nitrogen and oxygen atoms in total. The molecule has 0 saturated carbocycles. The Morgan fingerprint density at radius 3 is 1.06 bits per heavy atom. The second kappa shape index (κ2) is 12.7. The van der Waals surface area contributed by atoms with Crippen molar-refractivity contribution in [3.63, 3.8) is 0 Å². The minimum Gasteiger partial charge on any atom is -0.361 e. The zero-order valence-electron chi connectivity index (χ0n) is 10.5. The van der Waals surface area contributed by atoms with E-state index in [1.807, 2.05) is 0 Å². The Morgan fingerprint density at radius 2 is 1.06 bits per heavy atom. The van der Waals surface area contributed by atoms with Gasteiger partial charge in [0.15, 0.2) is 0 Å². The quantitative estimate of drug-likeness (QED) is 0.575. The lowest BCUT2D eigenvalue weighted by molar-refractivity contribution is 0.222. The fraction of sp³-hybridized carbons (Fsp3) is 0.778. The molecule has 0 radical (unpaired) electrons. The van der Waals surface area contributed by atoms with Gasteiger partial charge in [-0.3, -0.25) is 9.59 Å². The fourth-order valence-electron chi connectivity index (χ4n) is 0.596. The number of nitrogens with zero attached hydrogens (tertiary/aromatic N) is 1. The van der Waals surface area contributed by atoms with Crippen molar-refractivity contribution in [2.24, 2.45) is 11.5 Å². The van der Waals surface area contributed by atoms with E-state index in [-0.39, 0.29) is 0 Å². The molecule has 0 aliphatic rings. The predicted molar refractivity (Wildman–Crippen MR) is 75.2 cm³/mol. The maximum atomic E-state index is 9.09. The summed E-state index contributed by atoms with van der Waals surface area (Å²) in [6.45, 7) is 8.83. The van der Waals surface area contributed by atoms with Crippen molar-refractivity contribution >= 4 is 35.7 Å². The molecule has 0 spiro atoms. The third-order valence-corrected chi connectivity index (χ3v) is 1.63. The highest BCUT2D eigenvalue weighted by Crippen LogP contribution is 1.98. The first-order valence-electron chi connectivity index (χ1n) is 4.71. The number of nitrogens with two attached hydrogens (primary N) is 2.